The fourth-order valence-corrected chi connectivity index (χ4v) is 2.84. The Hall–Kier alpha value is -1.03. The van der Waals surface area contributed by atoms with Crippen molar-refractivity contribution in [3.05, 3.63) is 12.3 Å². The van der Waals surface area contributed by atoms with Crippen LogP contribution in [0.1, 0.15) is 39.0 Å². The fourth-order valence-electron chi connectivity index (χ4n) is 2.84. The Morgan fingerprint density at radius 1 is 1.37 bits per heavy atom. The summed E-state index contributed by atoms with van der Waals surface area (Å²) in [6.07, 6.45) is 9.31. The number of hydrogen-bond donors (Lipinski definition) is 0. The van der Waals surface area contributed by atoms with E-state index < -0.39 is 0 Å². The van der Waals surface area contributed by atoms with E-state index in [-0.39, 0.29) is 5.97 Å². The second-order valence-electron chi connectivity index (χ2n) is 5.46. The monoisotopic (exact) mass is 267 g/mol. The highest BCUT2D eigenvalue weighted by Crippen LogP contribution is 2.22. The molecule has 1 fully saturated rings. The number of rotatable bonds is 5. The van der Waals surface area contributed by atoms with E-state index in [0.29, 0.717) is 25.0 Å². The van der Waals surface area contributed by atoms with E-state index >= 15 is 0 Å². The van der Waals surface area contributed by atoms with Crippen LogP contribution in [0.4, 0.5) is 0 Å². The zero-order valence-corrected chi connectivity index (χ0v) is 11.8. The van der Waals surface area contributed by atoms with Gasteiger partial charge in [0.25, 0.3) is 0 Å². The lowest BCUT2D eigenvalue weighted by Gasteiger charge is -2.34. The molecule has 0 unspecified atom stereocenters. The van der Waals surface area contributed by atoms with Gasteiger partial charge in [-0.25, -0.2) is 0 Å². The molecule has 0 saturated carbocycles. The van der Waals surface area contributed by atoms with Crippen molar-refractivity contribution >= 4 is 5.97 Å². The Morgan fingerprint density at radius 3 is 2.79 bits per heavy atom. The van der Waals surface area contributed by atoms with E-state index in [0.717, 1.165) is 45.3 Å². The lowest BCUT2D eigenvalue weighted by molar-refractivity contribution is -0.144. The normalized spacial score (nSPS) is 25.0. The number of carbonyl (C=O) groups is 1. The molecule has 2 aliphatic heterocycles. The van der Waals surface area contributed by atoms with Crippen LogP contribution in [0.15, 0.2) is 12.3 Å². The molecule has 1 atom stereocenters. The molecule has 2 rings (SSSR count). The molecule has 0 aliphatic carbocycles. The number of carbonyl (C=O) groups excluding carboxylic acids is 1. The fraction of sp³-hybridized carbons (Fsp3) is 0.800. The molecule has 0 spiro atoms. The molecule has 0 aromatic heterocycles. The van der Waals surface area contributed by atoms with Gasteiger partial charge in [-0.15, -0.1) is 0 Å². The Balaban J connectivity index is 1.64. The zero-order valence-electron chi connectivity index (χ0n) is 11.8. The molecule has 4 nitrogen and oxygen atoms in total. The minimum atomic E-state index is -0.0401. The number of nitrogens with zero attached hydrogens (tertiary/aromatic N) is 1. The van der Waals surface area contributed by atoms with E-state index in [1.54, 1.807) is 0 Å². The second-order valence-corrected chi connectivity index (χ2v) is 5.46. The van der Waals surface area contributed by atoms with Crippen LogP contribution in [0, 0.1) is 5.92 Å². The molecule has 19 heavy (non-hydrogen) atoms. The lowest BCUT2D eigenvalue weighted by Crippen LogP contribution is -2.40. The summed E-state index contributed by atoms with van der Waals surface area (Å²) in [7, 11) is 0. The molecule has 4 heteroatoms. The molecular weight excluding hydrogens is 242 g/mol. The lowest BCUT2D eigenvalue weighted by atomic mass is 9.93. The highest BCUT2D eigenvalue weighted by Gasteiger charge is 2.24. The molecule has 108 valence electrons. The van der Waals surface area contributed by atoms with Crippen molar-refractivity contribution in [2.75, 3.05) is 26.2 Å². The quantitative estimate of drug-likeness (QED) is 0.717. The number of likely N-dealkylation sites (tertiary alicyclic amines) is 1. The first-order chi connectivity index (χ1) is 9.28. The summed E-state index contributed by atoms with van der Waals surface area (Å²) in [5, 5.41) is 0. The van der Waals surface area contributed by atoms with Crippen LogP contribution in [0.3, 0.4) is 0 Å². The molecule has 0 aromatic carbocycles. The van der Waals surface area contributed by atoms with Gasteiger partial charge in [0, 0.05) is 13.0 Å². The molecule has 0 aromatic rings. The molecule has 0 N–H and O–H groups in total. The molecule has 2 aliphatic rings. The van der Waals surface area contributed by atoms with Gasteiger partial charge in [0.1, 0.15) is 6.10 Å². The van der Waals surface area contributed by atoms with Gasteiger partial charge in [-0.1, -0.05) is 0 Å². The molecule has 0 bridgehead atoms. The highest BCUT2D eigenvalue weighted by atomic mass is 16.5. The molecule has 2 heterocycles. The van der Waals surface area contributed by atoms with E-state index in [4.69, 9.17) is 9.47 Å². The molecular formula is C15H25NO3. The molecule has 0 radical (unpaired) electrons. The van der Waals surface area contributed by atoms with Crippen LogP contribution in [0.5, 0.6) is 0 Å². The Morgan fingerprint density at radius 2 is 2.16 bits per heavy atom. The summed E-state index contributed by atoms with van der Waals surface area (Å²) in [6.45, 7) is 5.53. The van der Waals surface area contributed by atoms with E-state index in [9.17, 15) is 4.79 Å². The predicted octanol–water partition coefficient (Wildman–Crippen LogP) is 2.34. The average Bonchev–Trinajstić information content (AvgIpc) is 2.42. The smallest absolute Gasteiger partial charge is 0.306 e. The number of allylic oxidation sites excluding steroid dienone is 1. The third-order valence-electron chi connectivity index (χ3n) is 3.95. The Labute approximate surface area is 115 Å². The first-order valence-corrected chi connectivity index (χ1v) is 7.46. The summed E-state index contributed by atoms with van der Waals surface area (Å²) in [5.41, 5.74) is 0. The summed E-state index contributed by atoms with van der Waals surface area (Å²) in [5.74, 6) is 0.462. The maximum absolute atomic E-state index is 11.4. The van der Waals surface area contributed by atoms with Crippen molar-refractivity contribution in [2.45, 2.75) is 45.1 Å². The van der Waals surface area contributed by atoms with Crippen LogP contribution >= 0.6 is 0 Å². The maximum Gasteiger partial charge on any atom is 0.306 e. The van der Waals surface area contributed by atoms with Gasteiger partial charge in [0.15, 0.2) is 0 Å². The van der Waals surface area contributed by atoms with E-state index in [1.165, 1.54) is 0 Å². The van der Waals surface area contributed by atoms with Crippen molar-refractivity contribution < 1.29 is 14.3 Å². The van der Waals surface area contributed by atoms with Crippen LogP contribution < -0.4 is 0 Å². The summed E-state index contributed by atoms with van der Waals surface area (Å²) in [4.78, 5) is 13.9. The summed E-state index contributed by atoms with van der Waals surface area (Å²) < 4.78 is 10.6. The number of esters is 1. The number of ether oxygens (including phenoxy) is 2. The second kappa shape index (κ2) is 7.53. The Kier molecular flexibility index (Phi) is 5.70. The average molecular weight is 267 g/mol. The van der Waals surface area contributed by atoms with Gasteiger partial charge >= 0.3 is 5.97 Å². The minimum Gasteiger partial charge on any atom is -0.497 e. The van der Waals surface area contributed by atoms with Crippen molar-refractivity contribution in [2.24, 2.45) is 5.92 Å². The van der Waals surface area contributed by atoms with Gasteiger partial charge in [0.05, 0.1) is 12.9 Å². The maximum atomic E-state index is 11.4. The first kappa shape index (κ1) is 14.4. The Bertz CT molecular complexity index is 309. The van der Waals surface area contributed by atoms with Gasteiger partial charge in [-0.05, 0) is 57.7 Å². The third kappa shape index (κ3) is 4.86. The van der Waals surface area contributed by atoms with Crippen molar-refractivity contribution in [3.8, 4) is 0 Å². The van der Waals surface area contributed by atoms with E-state index in [1.807, 2.05) is 13.2 Å². The zero-order chi connectivity index (χ0) is 13.5. The van der Waals surface area contributed by atoms with Gasteiger partial charge in [0.2, 0.25) is 0 Å². The van der Waals surface area contributed by atoms with Crippen LogP contribution in [-0.4, -0.2) is 43.2 Å². The topological polar surface area (TPSA) is 38.8 Å². The third-order valence-corrected chi connectivity index (χ3v) is 3.95. The number of piperidine rings is 1. The van der Waals surface area contributed by atoms with Crippen molar-refractivity contribution in [1.82, 2.24) is 4.90 Å². The first-order valence-electron chi connectivity index (χ1n) is 7.46. The predicted molar refractivity (Wildman–Crippen MR) is 73.7 cm³/mol. The molecule has 0 amide bonds. The largest absolute Gasteiger partial charge is 0.497 e. The van der Waals surface area contributed by atoms with Gasteiger partial charge in [-0.2, -0.15) is 0 Å². The summed E-state index contributed by atoms with van der Waals surface area (Å²) in [6, 6.07) is 0. The van der Waals surface area contributed by atoms with Gasteiger partial charge in [-0.3, -0.25) is 9.69 Å². The van der Waals surface area contributed by atoms with Gasteiger partial charge < -0.3 is 9.47 Å². The van der Waals surface area contributed by atoms with Crippen LogP contribution in [-0.2, 0) is 14.3 Å². The van der Waals surface area contributed by atoms with E-state index in [2.05, 4.69) is 11.0 Å². The standard InChI is InChI=1S/C15H25NO3/c1-2-18-15(17)11-13-6-8-16(9-7-13)12-14-5-3-4-10-19-14/h4,10,13-14H,2-3,5-9,11-12H2,1H3/t14-/m0/s1. The van der Waals surface area contributed by atoms with Crippen LogP contribution in [0.25, 0.3) is 0 Å². The van der Waals surface area contributed by atoms with Crippen molar-refractivity contribution in [1.29, 1.82) is 0 Å². The molecule has 1 saturated heterocycles. The SMILES string of the molecule is CCOC(=O)CC1CCN(C[C@@H]2CCC=CO2)CC1. The van der Waals surface area contributed by atoms with Crippen LogP contribution in [0.2, 0.25) is 0 Å². The highest BCUT2D eigenvalue weighted by molar-refractivity contribution is 5.69. The van der Waals surface area contributed by atoms with Crippen molar-refractivity contribution in [3.63, 3.8) is 0 Å². The number of hydrogen-bond acceptors (Lipinski definition) is 4. The minimum absolute atomic E-state index is 0.0401. The summed E-state index contributed by atoms with van der Waals surface area (Å²) >= 11 is 0.